The van der Waals surface area contributed by atoms with Crippen molar-refractivity contribution < 1.29 is 36.0 Å². The predicted octanol–water partition coefficient (Wildman–Crippen LogP) is 2.95. The number of carbonyl (C=O) groups is 1. The van der Waals surface area contributed by atoms with Crippen LogP contribution >= 0.6 is 0 Å². The number of para-hydroxylation sites is 2. The van der Waals surface area contributed by atoms with Crippen LogP contribution in [-0.4, -0.2) is 30.8 Å². The molecule has 2 aromatic carbocycles. The zero-order chi connectivity index (χ0) is 18.2. The number of alkyl halides is 2. The maximum absolute atomic E-state index is 13.3. The Labute approximate surface area is 141 Å². The summed E-state index contributed by atoms with van der Waals surface area (Å²) in [4.78, 5) is 12.4. The smallest absolute Gasteiger partial charge is 0.402 e. The number of hydrogen-bond acceptors (Lipinski definition) is 5. The Balaban J connectivity index is 1.93. The molecule has 0 bridgehead atoms. The van der Waals surface area contributed by atoms with Crippen molar-refractivity contribution in [2.75, 3.05) is 6.61 Å². The summed E-state index contributed by atoms with van der Waals surface area (Å²) in [6, 6.07) is 13.0. The average Bonchev–Trinajstić information content (AvgIpc) is 2.56. The molecular weight excluding hydrogens is 358 g/mol. The summed E-state index contributed by atoms with van der Waals surface area (Å²) in [6.07, 6.45) is 0. The number of benzene rings is 2. The van der Waals surface area contributed by atoms with Crippen LogP contribution in [0.4, 0.5) is 8.78 Å². The van der Waals surface area contributed by atoms with E-state index < -0.39 is 33.9 Å². The number of carbonyl (C=O) groups excluding carboxylic acids is 1. The largest absolute Gasteiger partial charge is 0.457 e. The monoisotopic (exact) mass is 370 g/mol. The Morgan fingerprint density at radius 1 is 1.08 bits per heavy atom. The molecule has 0 aliphatic carbocycles. The Morgan fingerprint density at radius 3 is 2.04 bits per heavy atom. The SMILES string of the molecule is O=C(OCC(F)(F)S(=O)(=O)O)C1c2ccccc2Oc2ccccc21. The molecule has 2 aromatic rings. The quantitative estimate of drug-likeness (QED) is 0.657. The number of hydrogen-bond donors (Lipinski definition) is 1. The highest BCUT2D eigenvalue weighted by atomic mass is 32.2. The summed E-state index contributed by atoms with van der Waals surface area (Å²) >= 11 is 0. The highest BCUT2D eigenvalue weighted by molar-refractivity contribution is 7.86. The van der Waals surface area contributed by atoms with Crippen LogP contribution in [0.15, 0.2) is 48.5 Å². The summed E-state index contributed by atoms with van der Waals surface area (Å²) < 4.78 is 66.5. The van der Waals surface area contributed by atoms with Crippen molar-refractivity contribution >= 4 is 16.1 Å². The first-order valence-corrected chi connectivity index (χ1v) is 8.52. The van der Waals surface area contributed by atoms with Crippen LogP contribution in [0.3, 0.4) is 0 Å². The molecule has 0 radical (unpaired) electrons. The highest BCUT2D eigenvalue weighted by Crippen LogP contribution is 2.44. The van der Waals surface area contributed by atoms with Gasteiger partial charge >= 0.3 is 21.3 Å². The van der Waals surface area contributed by atoms with Crippen LogP contribution in [0, 0.1) is 0 Å². The Hall–Kier alpha value is -2.52. The van der Waals surface area contributed by atoms with Crippen molar-refractivity contribution in [2.45, 2.75) is 11.2 Å². The van der Waals surface area contributed by atoms with Crippen LogP contribution < -0.4 is 4.74 Å². The van der Waals surface area contributed by atoms with Gasteiger partial charge in [-0.3, -0.25) is 9.35 Å². The van der Waals surface area contributed by atoms with Gasteiger partial charge in [0.25, 0.3) is 0 Å². The van der Waals surface area contributed by atoms with Crippen molar-refractivity contribution in [3.63, 3.8) is 0 Å². The van der Waals surface area contributed by atoms with E-state index in [2.05, 4.69) is 4.74 Å². The molecule has 1 N–H and O–H groups in total. The molecule has 0 amide bonds. The molecule has 0 saturated carbocycles. The van der Waals surface area contributed by atoms with Gasteiger partial charge in [-0.1, -0.05) is 36.4 Å². The molecular formula is C16H12F2O6S. The van der Waals surface area contributed by atoms with Crippen LogP contribution in [0.25, 0.3) is 0 Å². The van der Waals surface area contributed by atoms with Gasteiger partial charge in [-0.25, -0.2) is 0 Å². The van der Waals surface area contributed by atoms with Gasteiger partial charge in [-0.05, 0) is 12.1 Å². The molecule has 0 fully saturated rings. The number of halogens is 2. The number of fused-ring (bicyclic) bond motifs is 2. The third-order valence-electron chi connectivity index (χ3n) is 3.68. The summed E-state index contributed by atoms with van der Waals surface area (Å²) in [5.74, 6) is -1.40. The minimum atomic E-state index is -5.69. The van der Waals surface area contributed by atoms with E-state index in [1.54, 1.807) is 48.5 Å². The first kappa shape index (κ1) is 17.3. The molecule has 1 aliphatic heterocycles. The van der Waals surface area contributed by atoms with E-state index in [0.29, 0.717) is 22.6 Å². The maximum Gasteiger partial charge on any atom is 0.402 e. The van der Waals surface area contributed by atoms with E-state index in [0.717, 1.165) is 0 Å². The Bertz CT molecular complexity index is 880. The molecule has 0 aromatic heterocycles. The summed E-state index contributed by atoms with van der Waals surface area (Å²) in [6.45, 7) is -1.79. The molecule has 0 unspecified atom stereocenters. The Kier molecular flexibility index (Phi) is 4.21. The van der Waals surface area contributed by atoms with Gasteiger partial charge in [0, 0.05) is 11.1 Å². The second-order valence-corrected chi connectivity index (χ2v) is 6.88. The minimum absolute atomic E-state index is 0.365. The highest BCUT2D eigenvalue weighted by Gasteiger charge is 2.46. The normalized spacial score (nSPS) is 14.2. The summed E-state index contributed by atoms with van der Waals surface area (Å²) in [5.41, 5.74) is 0.808. The molecule has 25 heavy (non-hydrogen) atoms. The second kappa shape index (κ2) is 6.08. The third-order valence-corrected chi connectivity index (χ3v) is 4.55. The van der Waals surface area contributed by atoms with Gasteiger partial charge < -0.3 is 9.47 Å². The van der Waals surface area contributed by atoms with E-state index in [1.165, 1.54) is 0 Å². The van der Waals surface area contributed by atoms with Gasteiger partial charge in [0.1, 0.15) is 17.4 Å². The van der Waals surface area contributed by atoms with Gasteiger partial charge in [0.2, 0.25) is 0 Å². The molecule has 0 spiro atoms. The first-order valence-electron chi connectivity index (χ1n) is 7.08. The van der Waals surface area contributed by atoms with Crippen molar-refractivity contribution in [1.29, 1.82) is 0 Å². The van der Waals surface area contributed by atoms with Crippen molar-refractivity contribution in [2.24, 2.45) is 0 Å². The standard InChI is InChI=1S/C16H12F2O6S/c17-16(18,25(20,21)22)9-23-15(19)14-10-5-1-3-7-12(10)24-13-8-4-2-6-11(13)14/h1-8,14H,9H2,(H,20,21,22). The number of rotatable bonds is 4. The van der Waals surface area contributed by atoms with Gasteiger partial charge in [0.05, 0.1) is 0 Å². The molecule has 0 saturated heterocycles. The lowest BCUT2D eigenvalue weighted by Gasteiger charge is -2.27. The van der Waals surface area contributed by atoms with E-state index in [1.807, 2.05) is 0 Å². The predicted molar refractivity (Wildman–Crippen MR) is 82.3 cm³/mol. The zero-order valence-corrected chi connectivity index (χ0v) is 13.4. The molecule has 132 valence electrons. The molecule has 1 aliphatic rings. The zero-order valence-electron chi connectivity index (χ0n) is 12.6. The van der Waals surface area contributed by atoms with E-state index in [-0.39, 0.29) is 0 Å². The minimum Gasteiger partial charge on any atom is -0.457 e. The molecule has 0 atom stereocenters. The van der Waals surface area contributed by atoms with E-state index in [9.17, 15) is 22.0 Å². The van der Waals surface area contributed by atoms with Crippen LogP contribution in [0.5, 0.6) is 11.5 Å². The number of ether oxygens (including phenoxy) is 2. The van der Waals surface area contributed by atoms with Gasteiger partial charge in [0.15, 0.2) is 6.61 Å². The van der Waals surface area contributed by atoms with Gasteiger partial charge in [-0.15, -0.1) is 0 Å². The molecule has 3 rings (SSSR count). The van der Waals surface area contributed by atoms with Crippen LogP contribution in [-0.2, 0) is 19.6 Å². The fourth-order valence-corrected chi connectivity index (χ4v) is 2.68. The summed E-state index contributed by atoms with van der Waals surface area (Å²) in [7, 11) is -5.69. The van der Waals surface area contributed by atoms with E-state index in [4.69, 9.17) is 9.29 Å². The number of esters is 1. The third kappa shape index (κ3) is 3.20. The van der Waals surface area contributed by atoms with Gasteiger partial charge in [-0.2, -0.15) is 17.2 Å². The molecule has 6 nitrogen and oxygen atoms in total. The van der Waals surface area contributed by atoms with E-state index >= 15 is 0 Å². The second-order valence-electron chi connectivity index (χ2n) is 5.33. The topological polar surface area (TPSA) is 89.9 Å². The summed E-state index contributed by atoms with van der Waals surface area (Å²) in [5, 5.41) is -4.59. The lowest BCUT2D eigenvalue weighted by Crippen LogP contribution is -2.35. The lowest BCUT2D eigenvalue weighted by molar-refractivity contribution is -0.150. The fourth-order valence-electron chi connectivity index (χ4n) is 2.48. The first-order chi connectivity index (χ1) is 11.7. The Morgan fingerprint density at radius 2 is 1.56 bits per heavy atom. The molecule has 9 heteroatoms. The van der Waals surface area contributed by atoms with Crippen molar-refractivity contribution in [1.82, 2.24) is 0 Å². The maximum atomic E-state index is 13.3. The van der Waals surface area contributed by atoms with Crippen LogP contribution in [0.2, 0.25) is 0 Å². The van der Waals surface area contributed by atoms with Crippen molar-refractivity contribution in [3.05, 3.63) is 59.7 Å². The van der Waals surface area contributed by atoms with Crippen molar-refractivity contribution in [3.8, 4) is 11.5 Å². The average molecular weight is 370 g/mol. The van der Waals surface area contributed by atoms with Crippen LogP contribution in [0.1, 0.15) is 17.0 Å². The molecule has 1 heterocycles. The fraction of sp³-hybridized carbons (Fsp3) is 0.188. The lowest BCUT2D eigenvalue weighted by atomic mass is 9.88.